The summed E-state index contributed by atoms with van der Waals surface area (Å²) in [5, 5.41) is 3.42. The molecule has 4 atom stereocenters. The van der Waals surface area contributed by atoms with E-state index in [-0.39, 0.29) is 22.5 Å². The molecule has 4 heteroatoms. The highest BCUT2D eigenvalue weighted by molar-refractivity contribution is 7.85. The van der Waals surface area contributed by atoms with E-state index in [1.807, 2.05) is 7.05 Å². The third kappa shape index (κ3) is 3.92. The molecule has 0 spiro atoms. The predicted octanol–water partition coefficient (Wildman–Crippen LogP) is 3.74. The van der Waals surface area contributed by atoms with Gasteiger partial charge in [-0.2, -0.15) is 0 Å². The van der Waals surface area contributed by atoms with Crippen LogP contribution in [0.2, 0.25) is 0 Å². The van der Waals surface area contributed by atoms with Crippen LogP contribution < -0.4 is 5.32 Å². The summed E-state index contributed by atoms with van der Waals surface area (Å²) in [4.78, 5) is 0.733. The third-order valence-electron chi connectivity index (χ3n) is 4.71. The Morgan fingerprint density at radius 2 is 1.81 bits per heavy atom. The van der Waals surface area contributed by atoms with Crippen LogP contribution in [0.25, 0.3) is 0 Å². The Kier molecular flexibility index (Phi) is 5.20. The topological polar surface area (TPSA) is 29.1 Å². The first-order valence-electron chi connectivity index (χ1n) is 7.66. The van der Waals surface area contributed by atoms with Crippen molar-refractivity contribution in [1.82, 2.24) is 5.32 Å². The molecule has 1 aromatic rings. The fourth-order valence-electron chi connectivity index (χ4n) is 3.23. The minimum absolute atomic E-state index is 0.0958. The van der Waals surface area contributed by atoms with E-state index in [4.69, 9.17) is 0 Å². The van der Waals surface area contributed by atoms with Crippen LogP contribution >= 0.6 is 0 Å². The van der Waals surface area contributed by atoms with E-state index in [0.717, 1.165) is 17.7 Å². The maximum absolute atomic E-state index is 13.0. The molecule has 2 nitrogen and oxygen atoms in total. The zero-order chi connectivity index (χ0) is 15.6. The lowest BCUT2D eigenvalue weighted by atomic mass is 9.71. The lowest BCUT2D eigenvalue weighted by Gasteiger charge is -2.41. The SMILES string of the molecule is CNC1CCC(C(C)(C)C)CC1S(=O)c1ccc(F)cc1. The molecule has 1 N–H and O–H groups in total. The number of rotatable bonds is 3. The maximum Gasteiger partial charge on any atom is 0.123 e. The van der Waals surface area contributed by atoms with Crippen molar-refractivity contribution in [2.45, 2.75) is 56.2 Å². The van der Waals surface area contributed by atoms with Gasteiger partial charge in [-0.3, -0.25) is 4.21 Å². The summed E-state index contributed by atoms with van der Waals surface area (Å²) in [5.74, 6) is 0.300. The third-order valence-corrected chi connectivity index (χ3v) is 6.52. The van der Waals surface area contributed by atoms with Gasteiger partial charge in [0.1, 0.15) is 5.82 Å². The monoisotopic (exact) mass is 311 g/mol. The van der Waals surface area contributed by atoms with Crippen LogP contribution in [0.1, 0.15) is 40.0 Å². The molecular formula is C17H26FNOS. The van der Waals surface area contributed by atoms with Gasteiger partial charge < -0.3 is 5.32 Å². The van der Waals surface area contributed by atoms with Gasteiger partial charge in [-0.05, 0) is 61.9 Å². The number of hydrogen-bond acceptors (Lipinski definition) is 2. The molecule has 1 aliphatic rings. The smallest absolute Gasteiger partial charge is 0.123 e. The largest absolute Gasteiger partial charge is 0.316 e. The Hall–Kier alpha value is -0.740. The van der Waals surface area contributed by atoms with Gasteiger partial charge in [0.25, 0.3) is 0 Å². The van der Waals surface area contributed by atoms with Gasteiger partial charge in [-0.1, -0.05) is 20.8 Å². The van der Waals surface area contributed by atoms with E-state index >= 15 is 0 Å². The van der Waals surface area contributed by atoms with E-state index in [1.165, 1.54) is 18.6 Å². The van der Waals surface area contributed by atoms with Crippen molar-refractivity contribution in [3.63, 3.8) is 0 Å². The van der Waals surface area contributed by atoms with Gasteiger partial charge in [-0.25, -0.2) is 4.39 Å². The Bertz CT molecular complexity index is 495. The van der Waals surface area contributed by atoms with Gasteiger partial charge in [0.2, 0.25) is 0 Å². The van der Waals surface area contributed by atoms with Crippen LogP contribution in [-0.2, 0) is 10.8 Å². The molecule has 21 heavy (non-hydrogen) atoms. The predicted molar refractivity (Wildman–Crippen MR) is 86.2 cm³/mol. The van der Waals surface area contributed by atoms with Crippen molar-refractivity contribution in [3.05, 3.63) is 30.1 Å². The van der Waals surface area contributed by atoms with Gasteiger partial charge in [-0.15, -0.1) is 0 Å². The lowest BCUT2D eigenvalue weighted by Crippen LogP contribution is -2.46. The summed E-state index contributed by atoms with van der Waals surface area (Å²) in [5.41, 5.74) is 0.240. The molecular weight excluding hydrogens is 285 g/mol. The molecule has 1 aliphatic carbocycles. The minimum atomic E-state index is -1.09. The fourth-order valence-corrected chi connectivity index (χ4v) is 4.96. The molecule has 0 saturated heterocycles. The second kappa shape index (κ2) is 6.57. The first kappa shape index (κ1) is 16.6. The molecule has 0 aliphatic heterocycles. The lowest BCUT2D eigenvalue weighted by molar-refractivity contribution is 0.166. The molecule has 0 heterocycles. The molecule has 118 valence electrons. The summed E-state index contributed by atoms with van der Waals surface area (Å²) in [6.07, 6.45) is 3.18. The van der Waals surface area contributed by atoms with Crippen LogP contribution in [-0.4, -0.2) is 22.5 Å². The standard InChI is InChI=1S/C17H26FNOS/c1-17(2,3)12-5-10-15(19-4)16(11-12)21(20)14-8-6-13(18)7-9-14/h6-9,12,15-16,19H,5,10-11H2,1-4H3. The molecule has 2 rings (SSSR count). The van der Waals surface area contributed by atoms with Gasteiger partial charge in [0.05, 0.1) is 16.0 Å². The van der Waals surface area contributed by atoms with E-state index in [1.54, 1.807) is 12.1 Å². The summed E-state index contributed by atoms with van der Waals surface area (Å²) in [7, 11) is 0.849. The molecule has 1 fully saturated rings. The van der Waals surface area contributed by atoms with Crippen LogP contribution in [0.15, 0.2) is 29.2 Å². The highest BCUT2D eigenvalue weighted by Gasteiger charge is 2.38. The van der Waals surface area contributed by atoms with Crippen molar-refractivity contribution in [2.75, 3.05) is 7.05 Å². The quantitative estimate of drug-likeness (QED) is 0.921. The average molecular weight is 311 g/mol. The second-order valence-electron chi connectivity index (χ2n) is 7.06. The molecule has 0 aromatic heterocycles. The summed E-state index contributed by atoms with van der Waals surface area (Å²) in [6.45, 7) is 6.78. The first-order valence-corrected chi connectivity index (χ1v) is 8.87. The summed E-state index contributed by atoms with van der Waals surface area (Å²) < 4.78 is 25.9. The van der Waals surface area contributed by atoms with Crippen molar-refractivity contribution >= 4 is 10.8 Å². The zero-order valence-electron chi connectivity index (χ0n) is 13.4. The van der Waals surface area contributed by atoms with E-state index in [0.29, 0.717) is 5.92 Å². The van der Waals surface area contributed by atoms with E-state index in [2.05, 4.69) is 26.1 Å². The molecule has 1 aromatic carbocycles. The molecule has 0 amide bonds. The minimum Gasteiger partial charge on any atom is -0.316 e. The second-order valence-corrected chi connectivity index (χ2v) is 8.73. The number of hydrogen-bond donors (Lipinski definition) is 1. The van der Waals surface area contributed by atoms with Crippen LogP contribution in [0.3, 0.4) is 0 Å². The number of nitrogens with one attached hydrogen (secondary N) is 1. The Balaban J connectivity index is 2.20. The fraction of sp³-hybridized carbons (Fsp3) is 0.647. The molecule has 1 saturated carbocycles. The number of halogens is 1. The van der Waals surface area contributed by atoms with Crippen LogP contribution in [0.4, 0.5) is 4.39 Å². The molecule has 4 unspecified atom stereocenters. The maximum atomic E-state index is 13.0. The summed E-state index contributed by atoms with van der Waals surface area (Å²) in [6, 6.07) is 6.37. The van der Waals surface area contributed by atoms with Crippen LogP contribution in [0, 0.1) is 17.2 Å². The Morgan fingerprint density at radius 3 is 2.33 bits per heavy atom. The Morgan fingerprint density at radius 1 is 1.19 bits per heavy atom. The van der Waals surface area contributed by atoms with Crippen LogP contribution in [0.5, 0.6) is 0 Å². The zero-order valence-corrected chi connectivity index (χ0v) is 14.2. The first-order chi connectivity index (χ1) is 9.82. The van der Waals surface area contributed by atoms with Gasteiger partial charge >= 0.3 is 0 Å². The highest BCUT2D eigenvalue weighted by Crippen LogP contribution is 2.40. The van der Waals surface area contributed by atoms with Crippen molar-refractivity contribution < 1.29 is 8.60 Å². The summed E-state index contributed by atoms with van der Waals surface area (Å²) >= 11 is 0. The van der Waals surface area contributed by atoms with E-state index < -0.39 is 10.8 Å². The molecule has 0 bridgehead atoms. The average Bonchev–Trinajstić information content (AvgIpc) is 2.45. The van der Waals surface area contributed by atoms with E-state index in [9.17, 15) is 8.60 Å². The normalized spacial score (nSPS) is 28.3. The van der Waals surface area contributed by atoms with Crippen molar-refractivity contribution in [3.8, 4) is 0 Å². The van der Waals surface area contributed by atoms with Crippen molar-refractivity contribution in [2.24, 2.45) is 11.3 Å². The molecule has 0 radical (unpaired) electrons. The van der Waals surface area contributed by atoms with Gasteiger partial charge in [0, 0.05) is 10.9 Å². The van der Waals surface area contributed by atoms with Crippen molar-refractivity contribution in [1.29, 1.82) is 0 Å². The Labute approximate surface area is 130 Å². The number of benzene rings is 1. The highest BCUT2D eigenvalue weighted by atomic mass is 32.2. The van der Waals surface area contributed by atoms with Gasteiger partial charge in [0.15, 0.2) is 0 Å².